The molecule has 2 atom stereocenters. The summed E-state index contributed by atoms with van der Waals surface area (Å²) in [6.45, 7) is 1.18. The minimum Gasteiger partial charge on any atom is -0.314 e. The molecule has 0 aromatic heterocycles. The van der Waals surface area contributed by atoms with Gasteiger partial charge in [0.15, 0.2) is 0 Å². The molecule has 0 amide bonds. The lowest BCUT2D eigenvalue weighted by atomic mass is 9.93. The molecule has 1 aliphatic heterocycles. The second kappa shape index (κ2) is 5.94. The molecule has 2 nitrogen and oxygen atoms in total. The van der Waals surface area contributed by atoms with Crippen molar-refractivity contribution in [2.45, 2.75) is 31.3 Å². The Balaban J connectivity index is 1.96. The largest absolute Gasteiger partial charge is 0.314 e. The Hall–Kier alpha value is -1.38. The van der Waals surface area contributed by atoms with E-state index in [9.17, 15) is 0 Å². The topological polar surface area (TPSA) is 15.3 Å². The van der Waals surface area contributed by atoms with Crippen LogP contribution in [0.2, 0.25) is 0 Å². The first-order valence-electron chi connectivity index (χ1n) is 7.63. The molecule has 1 saturated heterocycles. The quantitative estimate of drug-likeness (QED) is 0.911. The van der Waals surface area contributed by atoms with Crippen LogP contribution < -0.4 is 5.32 Å². The van der Waals surface area contributed by atoms with Crippen molar-refractivity contribution in [3.63, 3.8) is 0 Å². The van der Waals surface area contributed by atoms with E-state index in [-0.39, 0.29) is 0 Å². The fourth-order valence-electron chi connectivity index (χ4n) is 3.38. The summed E-state index contributed by atoms with van der Waals surface area (Å²) in [7, 11) is 4.39. The zero-order valence-corrected chi connectivity index (χ0v) is 12.5. The Morgan fingerprint density at radius 1 is 1.15 bits per heavy atom. The molecule has 0 bridgehead atoms. The summed E-state index contributed by atoms with van der Waals surface area (Å²) < 4.78 is 0. The molecule has 1 aliphatic rings. The van der Waals surface area contributed by atoms with Crippen LogP contribution in [0, 0.1) is 0 Å². The molecule has 1 fully saturated rings. The molecule has 106 valence electrons. The van der Waals surface area contributed by atoms with Crippen LogP contribution in [0.25, 0.3) is 10.8 Å². The molecule has 0 spiro atoms. The van der Waals surface area contributed by atoms with Gasteiger partial charge < -0.3 is 10.2 Å². The van der Waals surface area contributed by atoms with E-state index in [0.29, 0.717) is 12.1 Å². The molecule has 2 unspecified atom stereocenters. The number of hydrogen-bond acceptors (Lipinski definition) is 2. The first-order chi connectivity index (χ1) is 9.75. The smallest absolute Gasteiger partial charge is 0.0362 e. The van der Waals surface area contributed by atoms with Gasteiger partial charge in [-0.15, -0.1) is 0 Å². The van der Waals surface area contributed by atoms with Crippen LogP contribution in [0.5, 0.6) is 0 Å². The van der Waals surface area contributed by atoms with E-state index in [4.69, 9.17) is 0 Å². The van der Waals surface area contributed by atoms with Crippen molar-refractivity contribution < 1.29 is 0 Å². The van der Waals surface area contributed by atoms with Gasteiger partial charge in [0.1, 0.15) is 0 Å². The number of benzene rings is 2. The number of nitrogens with one attached hydrogen (secondary N) is 1. The Morgan fingerprint density at radius 3 is 2.70 bits per heavy atom. The van der Waals surface area contributed by atoms with E-state index >= 15 is 0 Å². The molecule has 0 radical (unpaired) electrons. The van der Waals surface area contributed by atoms with Crippen LogP contribution in [0.4, 0.5) is 0 Å². The normalized spacial score (nSPS) is 20.6. The van der Waals surface area contributed by atoms with E-state index in [1.165, 1.54) is 42.1 Å². The number of fused-ring (bicyclic) bond motifs is 1. The SMILES string of the molecule is CN(C)C(CC1CCCN1)c1cccc2ccccc12. The minimum absolute atomic E-state index is 0.483. The highest BCUT2D eigenvalue weighted by Crippen LogP contribution is 2.31. The molecule has 2 aromatic rings. The lowest BCUT2D eigenvalue weighted by molar-refractivity contribution is 0.264. The highest BCUT2D eigenvalue weighted by molar-refractivity contribution is 5.86. The van der Waals surface area contributed by atoms with Gasteiger partial charge >= 0.3 is 0 Å². The van der Waals surface area contributed by atoms with Crippen molar-refractivity contribution in [2.24, 2.45) is 0 Å². The molecule has 3 rings (SSSR count). The third-order valence-electron chi connectivity index (χ3n) is 4.48. The molecule has 1 heterocycles. The monoisotopic (exact) mass is 268 g/mol. The van der Waals surface area contributed by atoms with E-state index in [1.54, 1.807) is 0 Å². The standard InChI is InChI=1S/C18H24N2/c1-20(2)18(13-15-9-6-12-19-15)17-11-5-8-14-7-3-4-10-16(14)17/h3-5,7-8,10-11,15,18-19H,6,9,12-13H2,1-2H3. The van der Waals surface area contributed by atoms with E-state index in [0.717, 1.165) is 0 Å². The first kappa shape index (κ1) is 13.6. The lowest BCUT2D eigenvalue weighted by Gasteiger charge is -2.28. The third kappa shape index (κ3) is 2.72. The van der Waals surface area contributed by atoms with Gasteiger partial charge in [-0.25, -0.2) is 0 Å². The van der Waals surface area contributed by atoms with Crippen molar-refractivity contribution in [1.82, 2.24) is 10.2 Å². The number of rotatable bonds is 4. The summed E-state index contributed by atoms with van der Waals surface area (Å²) in [6.07, 6.45) is 3.83. The first-order valence-corrected chi connectivity index (χ1v) is 7.63. The molecule has 0 saturated carbocycles. The average Bonchev–Trinajstić information content (AvgIpc) is 2.97. The Bertz CT molecular complexity index is 565. The van der Waals surface area contributed by atoms with Crippen molar-refractivity contribution in [2.75, 3.05) is 20.6 Å². The summed E-state index contributed by atoms with van der Waals surface area (Å²) in [5.74, 6) is 0. The van der Waals surface area contributed by atoms with Gasteiger partial charge in [-0.1, -0.05) is 42.5 Å². The molecule has 0 aliphatic carbocycles. The molecule has 2 aromatic carbocycles. The Labute approximate surface area is 121 Å². The highest BCUT2D eigenvalue weighted by Gasteiger charge is 2.23. The van der Waals surface area contributed by atoms with Gasteiger partial charge in [0.2, 0.25) is 0 Å². The fourth-order valence-corrected chi connectivity index (χ4v) is 3.38. The van der Waals surface area contributed by atoms with Gasteiger partial charge in [-0.3, -0.25) is 0 Å². The van der Waals surface area contributed by atoms with Gasteiger partial charge in [0, 0.05) is 12.1 Å². The van der Waals surface area contributed by atoms with Crippen LogP contribution in [-0.2, 0) is 0 Å². The highest BCUT2D eigenvalue weighted by atomic mass is 15.1. The maximum absolute atomic E-state index is 3.63. The molecular formula is C18H24N2. The summed E-state index contributed by atoms with van der Waals surface area (Å²) in [5, 5.41) is 6.37. The van der Waals surface area contributed by atoms with Crippen molar-refractivity contribution in [1.29, 1.82) is 0 Å². The number of nitrogens with zero attached hydrogens (tertiary/aromatic N) is 1. The zero-order chi connectivity index (χ0) is 13.9. The second-order valence-electron chi connectivity index (χ2n) is 6.08. The van der Waals surface area contributed by atoms with Crippen LogP contribution in [0.3, 0.4) is 0 Å². The predicted octanol–water partition coefficient (Wildman–Crippen LogP) is 3.58. The zero-order valence-electron chi connectivity index (χ0n) is 12.5. The third-order valence-corrected chi connectivity index (χ3v) is 4.48. The van der Waals surface area contributed by atoms with Crippen LogP contribution >= 0.6 is 0 Å². The number of hydrogen-bond donors (Lipinski definition) is 1. The summed E-state index contributed by atoms with van der Waals surface area (Å²) >= 11 is 0. The van der Waals surface area contributed by atoms with Crippen LogP contribution in [0.1, 0.15) is 30.9 Å². The Morgan fingerprint density at radius 2 is 1.95 bits per heavy atom. The predicted molar refractivity (Wildman–Crippen MR) is 86.0 cm³/mol. The van der Waals surface area contributed by atoms with Crippen molar-refractivity contribution in [3.05, 3.63) is 48.0 Å². The summed E-state index contributed by atoms with van der Waals surface area (Å²) in [4.78, 5) is 2.36. The van der Waals surface area contributed by atoms with Gasteiger partial charge in [-0.2, -0.15) is 0 Å². The van der Waals surface area contributed by atoms with Gasteiger partial charge in [-0.05, 0) is 56.2 Å². The van der Waals surface area contributed by atoms with E-state index in [1.807, 2.05) is 0 Å². The van der Waals surface area contributed by atoms with Gasteiger partial charge in [0.25, 0.3) is 0 Å². The molecular weight excluding hydrogens is 244 g/mol. The second-order valence-corrected chi connectivity index (χ2v) is 6.08. The summed E-state index contributed by atoms with van der Waals surface area (Å²) in [6, 6.07) is 16.6. The van der Waals surface area contributed by atoms with Crippen molar-refractivity contribution >= 4 is 10.8 Å². The van der Waals surface area contributed by atoms with Crippen molar-refractivity contribution in [3.8, 4) is 0 Å². The average molecular weight is 268 g/mol. The van der Waals surface area contributed by atoms with Crippen LogP contribution in [0.15, 0.2) is 42.5 Å². The summed E-state index contributed by atoms with van der Waals surface area (Å²) in [5.41, 5.74) is 1.46. The Kier molecular flexibility index (Phi) is 4.04. The van der Waals surface area contributed by atoms with Crippen LogP contribution in [-0.4, -0.2) is 31.6 Å². The van der Waals surface area contributed by atoms with Gasteiger partial charge in [0.05, 0.1) is 0 Å². The molecule has 1 N–H and O–H groups in total. The maximum Gasteiger partial charge on any atom is 0.0362 e. The van der Waals surface area contributed by atoms with E-state index in [2.05, 4.69) is 66.8 Å². The van der Waals surface area contributed by atoms with E-state index < -0.39 is 0 Å². The molecule has 2 heteroatoms. The maximum atomic E-state index is 3.63. The molecule has 20 heavy (non-hydrogen) atoms. The minimum atomic E-state index is 0.483. The lowest BCUT2D eigenvalue weighted by Crippen LogP contribution is -2.29. The fraction of sp³-hybridized carbons (Fsp3) is 0.444.